The zero-order chi connectivity index (χ0) is 18.5. The van der Waals surface area contributed by atoms with E-state index in [1.54, 1.807) is 6.07 Å². The SMILES string of the molecule is CC(C)(C)CCCCCc1cc(CCCCC2(C)CC2)cc(O)c1O. The molecule has 0 bridgehead atoms. The molecule has 25 heavy (non-hydrogen) atoms. The molecule has 2 nitrogen and oxygen atoms in total. The molecule has 0 heterocycles. The van der Waals surface area contributed by atoms with Gasteiger partial charge in [-0.2, -0.15) is 0 Å². The summed E-state index contributed by atoms with van der Waals surface area (Å²) in [4.78, 5) is 0. The number of rotatable bonds is 10. The third-order valence-corrected chi connectivity index (χ3v) is 5.70. The number of phenols is 2. The van der Waals surface area contributed by atoms with Crippen molar-refractivity contribution in [2.45, 2.75) is 98.3 Å². The summed E-state index contributed by atoms with van der Waals surface area (Å²) in [5.74, 6) is 0.140. The summed E-state index contributed by atoms with van der Waals surface area (Å²) in [6.07, 6.45) is 13.1. The van der Waals surface area contributed by atoms with E-state index in [0.717, 1.165) is 24.8 Å². The van der Waals surface area contributed by atoms with Crippen molar-refractivity contribution in [3.8, 4) is 11.5 Å². The molecular formula is C23H38O2. The molecule has 1 saturated carbocycles. The molecule has 2 heteroatoms. The first-order valence-electron chi connectivity index (χ1n) is 10.2. The highest BCUT2D eigenvalue weighted by molar-refractivity contribution is 5.47. The number of aryl methyl sites for hydroxylation is 2. The Balaban J connectivity index is 1.77. The second kappa shape index (κ2) is 8.47. The highest BCUT2D eigenvalue weighted by Crippen LogP contribution is 2.49. The molecule has 0 spiro atoms. The van der Waals surface area contributed by atoms with Crippen molar-refractivity contribution >= 4 is 0 Å². The van der Waals surface area contributed by atoms with Crippen LogP contribution in [0.25, 0.3) is 0 Å². The molecule has 1 aliphatic rings. The van der Waals surface area contributed by atoms with Crippen LogP contribution in [0, 0.1) is 10.8 Å². The Kier molecular flexibility index (Phi) is 6.82. The van der Waals surface area contributed by atoms with Crippen LogP contribution in [0.5, 0.6) is 11.5 Å². The number of benzene rings is 1. The van der Waals surface area contributed by atoms with Gasteiger partial charge < -0.3 is 10.2 Å². The number of hydrogen-bond donors (Lipinski definition) is 2. The Morgan fingerprint density at radius 2 is 1.60 bits per heavy atom. The fourth-order valence-corrected chi connectivity index (χ4v) is 3.57. The first-order chi connectivity index (χ1) is 11.7. The summed E-state index contributed by atoms with van der Waals surface area (Å²) in [5, 5.41) is 20.2. The lowest BCUT2D eigenvalue weighted by atomic mass is 9.89. The smallest absolute Gasteiger partial charge is 0.160 e. The van der Waals surface area contributed by atoms with Crippen LogP contribution in [-0.4, -0.2) is 10.2 Å². The maximum atomic E-state index is 10.1. The van der Waals surface area contributed by atoms with Gasteiger partial charge in [-0.15, -0.1) is 0 Å². The molecule has 0 aliphatic heterocycles. The van der Waals surface area contributed by atoms with E-state index >= 15 is 0 Å². The Morgan fingerprint density at radius 1 is 0.920 bits per heavy atom. The third-order valence-electron chi connectivity index (χ3n) is 5.70. The van der Waals surface area contributed by atoms with E-state index in [2.05, 4.69) is 33.8 Å². The van der Waals surface area contributed by atoms with Gasteiger partial charge in [-0.1, -0.05) is 53.0 Å². The van der Waals surface area contributed by atoms with Gasteiger partial charge in [0.15, 0.2) is 11.5 Å². The molecule has 1 aromatic carbocycles. The van der Waals surface area contributed by atoms with Crippen molar-refractivity contribution in [3.63, 3.8) is 0 Å². The molecule has 0 atom stereocenters. The van der Waals surface area contributed by atoms with Gasteiger partial charge >= 0.3 is 0 Å². The van der Waals surface area contributed by atoms with Crippen molar-refractivity contribution in [2.75, 3.05) is 0 Å². The normalized spacial score (nSPS) is 16.2. The Labute approximate surface area is 154 Å². The minimum atomic E-state index is 0.0522. The third kappa shape index (κ3) is 7.30. The van der Waals surface area contributed by atoms with Gasteiger partial charge in [0.25, 0.3) is 0 Å². The Hall–Kier alpha value is -1.18. The minimum absolute atomic E-state index is 0.0522. The first kappa shape index (κ1) is 20.1. The van der Waals surface area contributed by atoms with Crippen LogP contribution in [0.15, 0.2) is 12.1 Å². The fraction of sp³-hybridized carbons (Fsp3) is 0.739. The number of aromatic hydroxyl groups is 2. The monoisotopic (exact) mass is 346 g/mol. The molecule has 0 saturated heterocycles. The molecule has 1 aliphatic carbocycles. The van der Waals surface area contributed by atoms with Gasteiger partial charge in [0.05, 0.1) is 0 Å². The van der Waals surface area contributed by atoms with E-state index in [1.165, 1.54) is 56.9 Å². The van der Waals surface area contributed by atoms with Gasteiger partial charge in [0, 0.05) is 0 Å². The first-order valence-corrected chi connectivity index (χ1v) is 10.2. The lowest BCUT2D eigenvalue weighted by molar-refractivity contribution is 0.357. The van der Waals surface area contributed by atoms with Crippen molar-refractivity contribution < 1.29 is 10.2 Å². The molecule has 0 radical (unpaired) electrons. The lowest BCUT2D eigenvalue weighted by Crippen LogP contribution is -2.04. The van der Waals surface area contributed by atoms with Gasteiger partial charge in [-0.3, -0.25) is 0 Å². The van der Waals surface area contributed by atoms with E-state index in [4.69, 9.17) is 0 Å². The summed E-state index contributed by atoms with van der Waals surface area (Å²) < 4.78 is 0. The topological polar surface area (TPSA) is 40.5 Å². The second-order valence-electron chi connectivity index (χ2n) is 9.76. The van der Waals surface area contributed by atoms with E-state index in [-0.39, 0.29) is 11.5 Å². The lowest BCUT2D eigenvalue weighted by Gasteiger charge is -2.17. The molecule has 0 aromatic heterocycles. The number of phenolic OH excluding ortho intramolecular Hbond substituents is 2. The molecule has 142 valence electrons. The predicted octanol–water partition coefficient (Wildman–Crippen LogP) is 6.76. The average Bonchev–Trinajstić information content (AvgIpc) is 3.24. The molecule has 1 aromatic rings. The van der Waals surface area contributed by atoms with Crippen molar-refractivity contribution in [1.29, 1.82) is 0 Å². The fourth-order valence-electron chi connectivity index (χ4n) is 3.57. The highest BCUT2D eigenvalue weighted by Gasteiger charge is 2.35. The summed E-state index contributed by atoms with van der Waals surface area (Å²) in [7, 11) is 0. The van der Waals surface area contributed by atoms with Crippen LogP contribution in [0.3, 0.4) is 0 Å². The van der Waals surface area contributed by atoms with Crippen molar-refractivity contribution in [2.24, 2.45) is 10.8 Å². The van der Waals surface area contributed by atoms with Crippen molar-refractivity contribution in [1.82, 2.24) is 0 Å². The molecule has 2 N–H and O–H groups in total. The van der Waals surface area contributed by atoms with E-state index in [0.29, 0.717) is 10.8 Å². The van der Waals surface area contributed by atoms with Crippen LogP contribution in [0.2, 0.25) is 0 Å². The van der Waals surface area contributed by atoms with Crippen LogP contribution in [-0.2, 0) is 12.8 Å². The standard InChI is InChI=1S/C23H38O2/c1-22(2,3)12-8-5-6-11-19-16-18(17-20(24)21(19)25)10-7-9-13-23(4)14-15-23/h16-17,24-25H,5-15H2,1-4H3. The van der Waals surface area contributed by atoms with Crippen LogP contribution in [0.1, 0.15) is 96.6 Å². The maximum Gasteiger partial charge on any atom is 0.160 e. The van der Waals surface area contributed by atoms with Crippen molar-refractivity contribution in [3.05, 3.63) is 23.3 Å². The average molecular weight is 347 g/mol. The largest absolute Gasteiger partial charge is 0.504 e. The van der Waals surface area contributed by atoms with Crippen LogP contribution in [0.4, 0.5) is 0 Å². The summed E-state index contributed by atoms with van der Waals surface area (Å²) >= 11 is 0. The molecule has 1 fully saturated rings. The number of unbranched alkanes of at least 4 members (excludes halogenated alkanes) is 3. The molecular weight excluding hydrogens is 308 g/mol. The predicted molar refractivity (Wildman–Crippen MR) is 106 cm³/mol. The summed E-state index contributed by atoms with van der Waals surface area (Å²) in [6.45, 7) is 9.23. The quantitative estimate of drug-likeness (QED) is 0.363. The minimum Gasteiger partial charge on any atom is -0.504 e. The van der Waals surface area contributed by atoms with Crippen LogP contribution < -0.4 is 0 Å². The number of hydrogen-bond acceptors (Lipinski definition) is 2. The van der Waals surface area contributed by atoms with Crippen LogP contribution >= 0.6 is 0 Å². The second-order valence-corrected chi connectivity index (χ2v) is 9.76. The Morgan fingerprint density at radius 3 is 2.24 bits per heavy atom. The van der Waals surface area contributed by atoms with Gasteiger partial charge in [0.1, 0.15) is 0 Å². The summed E-state index contributed by atoms with van der Waals surface area (Å²) in [6, 6.07) is 3.86. The van der Waals surface area contributed by atoms with Gasteiger partial charge in [-0.25, -0.2) is 0 Å². The maximum absolute atomic E-state index is 10.1. The highest BCUT2D eigenvalue weighted by atomic mass is 16.3. The Bertz CT molecular complexity index is 550. The molecule has 2 rings (SSSR count). The van der Waals surface area contributed by atoms with E-state index in [9.17, 15) is 10.2 Å². The zero-order valence-electron chi connectivity index (χ0n) is 16.8. The van der Waals surface area contributed by atoms with Gasteiger partial charge in [0.2, 0.25) is 0 Å². The summed E-state index contributed by atoms with van der Waals surface area (Å²) in [5.41, 5.74) is 3.12. The van der Waals surface area contributed by atoms with Gasteiger partial charge in [-0.05, 0) is 79.4 Å². The molecule has 0 amide bonds. The van der Waals surface area contributed by atoms with E-state index in [1.807, 2.05) is 0 Å². The molecule has 0 unspecified atom stereocenters. The van der Waals surface area contributed by atoms with E-state index < -0.39 is 0 Å². The zero-order valence-corrected chi connectivity index (χ0v) is 16.8.